The summed E-state index contributed by atoms with van der Waals surface area (Å²) in [5.74, 6) is 0.712. The highest BCUT2D eigenvalue weighted by Crippen LogP contribution is 2.17. The molecule has 1 aromatic carbocycles. The Morgan fingerprint density at radius 3 is 2.15 bits per heavy atom. The van der Waals surface area contributed by atoms with Crippen molar-refractivity contribution in [2.45, 2.75) is 0 Å². The van der Waals surface area contributed by atoms with Gasteiger partial charge in [0.05, 0.1) is 28.9 Å². The molecule has 0 aliphatic carbocycles. The van der Waals surface area contributed by atoms with Gasteiger partial charge in [-0.05, 0) is 42.5 Å². The van der Waals surface area contributed by atoms with Gasteiger partial charge in [-0.3, -0.25) is 14.2 Å². The Labute approximate surface area is 154 Å². The van der Waals surface area contributed by atoms with Gasteiger partial charge in [-0.25, -0.2) is 9.66 Å². The molecular weight excluding hydrogens is 344 g/mol. The molecule has 7 nitrogen and oxygen atoms in total. The molecule has 0 atom stereocenters. The molecule has 4 rings (SSSR count). The first kappa shape index (κ1) is 16.8. The molecule has 3 heterocycles. The highest BCUT2D eigenvalue weighted by atomic mass is 16.5. The number of fused-ring (bicyclic) bond motifs is 2. The van der Waals surface area contributed by atoms with E-state index in [1.165, 1.54) is 9.24 Å². The normalized spacial score (nSPS) is 11.1. The summed E-state index contributed by atoms with van der Waals surface area (Å²) in [5, 5.41) is 2.48. The molecule has 0 aliphatic rings. The standard InChI is InChI=1S/C20H18N4O3/c1-22(2)24-11-9-18-16(20(24)26)12-15-17(21-18)8-10-23(19(15)25)13-4-6-14(27-3)7-5-13/h4-12H,1-3H3. The van der Waals surface area contributed by atoms with Gasteiger partial charge in [0.25, 0.3) is 11.1 Å². The molecule has 136 valence electrons. The SMILES string of the molecule is COc1ccc(-n2ccc3nc4ccn(N(C)C)c(=O)c4cc3c2=O)cc1. The van der Waals surface area contributed by atoms with Crippen LogP contribution in [0.4, 0.5) is 0 Å². The van der Waals surface area contributed by atoms with Crippen molar-refractivity contribution in [1.82, 2.24) is 14.2 Å². The summed E-state index contributed by atoms with van der Waals surface area (Å²) in [6.07, 6.45) is 3.36. The second-order valence-electron chi connectivity index (χ2n) is 6.36. The molecule has 27 heavy (non-hydrogen) atoms. The van der Waals surface area contributed by atoms with Crippen molar-refractivity contribution in [2.24, 2.45) is 0 Å². The van der Waals surface area contributed by atoms with Crippen LogP contribution >= 0.6 is 0 Å². The molecule has 0 saturated carbocycles. The molecule has 0 unspecified atom stereocenters. The second-order valence-corrected chi connectivity index (χ2v) is 6.36. The minimum Gasteiger partial charge on any atom is -0.497 e. The first-order valence-electron chi connectivity index (χ1n) is 8.39. The zero-order valence-corrected chi connectivity index (χ0v) is 15.2. The molecule has 0 radical (unpaired) electrons. The number of nitrogens with zero attached hydrogens (tertiary/aromatic N) is 4. The van der Waals surface area contributed by atoms with Crippen molar-refractivity contribution < 1.29 is 4.74 Å². The van der Waals surface area contributed by atoms with Crippen LogP contribution in [0.2, 0.25) is 0 Å². The van der Waals surface area contributed by atoms with E-state index in [4.69, 9.17) is 4.74 Å². The second kappa shape index (κ2) is 6.28. The molecule has 4 aromatic rings. The van der Waals surface area contributed by atoms with Crippen LogP contribution < -0.4 is 20.9 Å². The van der Waals surface area contributed by atoms with Crippen LogP contribution in [0.25, 0.3) is 27.5 Å². The predicted molar refractivity (Wildman–Crippen MR) is 106 cm³/mol. The Kier molecular flexibility index (Phi) is 3.92. The van der Waals surface area contributed by atoms with Crippen molar-refractivity contribution in [2.75, 3.05) is 26.2 Å². The number of hydrogen-bond donors (Lipinski definition) is 0. The Hall–Kier alpha value is -3.61. The van der Waals surface area contributed by atoms with Crippen LogP contribution in [0.5, 0.6) is 5.75 Å². The topological polar surface area (TPSA) is 69.4 Å². The van der Waals surface area contributed by atoms with E-state index in [0.717, 1.165) is 0 Å². The lowest BCUT2D eigenvalue weighted by atomic mass is 10.2. The minimum atomic E-state index is -0.230. The predicted octanol–water partition coefficient (Wildman–Crippen LogP) is 1.91. The molecule has 0 fully saturated rings. The zero-order valence-electron chi connectivity index (χ0n) is 15.2. The zero-order chi connectivity index (χ0) is 19.1. The summed E-state index contributed by atoms with van der Waals surface area (Å²) in [6.45, 7) is 0. The first-order chi connectivity index (χ1) is 13.0. The molecule has 7 heteroatoms. The van der Waals surface area contributed by atoms with Crippen LogP contribution in [-0.4, -0.2) is 35.4 Å². The third-order valence-corrected chi connectivity index (χ3v) is 4.51. The van der Waals surface area contributed by atoms with E-state index in [2.05, 4.69) is 4.98 Å². The van der Waals surface area contributed by atoms with Crippen molar-refractivity contribution in [3.8, 4) is 11.4 Å². The molecule has 3 aromatic heterocycles. The Balaban J connectivity index is 1.98. The van der Waals surface area contributed by atoms with Gasteiger partial charge in [-0.2, -0.15) is 0 Å². The Bertz CT molecular complexity index is 1270. The van der Waals surface area contributed by atoms with Crippen LogP contribution in [-0.2, 0) is 0 Å². The Morgan fingerprint density at radius 2 is 1.52 bits per heavy atom. The van der Waals surface area contributed by atoms with Crippen molar-refractivity contribution in [3.63, 3.8) is 0 Å². The number of methoxy groups -OCH3 is 1. The van der Waals surface area contributed by atoms with Gasteiger partial charge < -0.3 is 9.75 Å². The maximum Gasteiger partial charge on any atom is 0.278 e. The maximum absolute atomic E-state index is 13.0. The number of benzene rings is 1. The van der Waals surface area contributed by atoms with Gasteiger partial charge in [0.15, 0.2) is 0 Å². The van der Waals surface area contributed by atoms with E-state index >= 15 is 0 Å². The first-order valence-corrected chi connectivity index (χ1v) is 8.39. The molecule has 0 saturated heterocycles. The molecule has 0 amide bonds. The lowest BCUT2D eigenvalue weighted by Gasteiger charge is -2.16. The van der Waals surface area contributed by atoms with E-state index < -0.39 is 0 Å². The quantitative estimate of drug-likeness (QED) is 0.521. The van der Waals surface area contributed by atoms with Crippen LogP contribution in [0.3, 0.4) is 0 Å². The third kappa shape index (κ3) is 2.73. The van der Waals surface area contributed by atoms with Gasteiger partial charge in [0.2, 0.25) is 0 Å². The van der Waals surface area contributed by atoms with Gasteiger partial charge in [-0.15, -0.1) is 0 Å². The van der Waals surface area contributed by atoms with Crippen LogP contribution in [0.15, 0.2) is 64.4 Å². The summed E-state index contributed by atoms with van der Waals surface area (Å²) in [4.78, 5) is 30.2. The fourth-order valence-corrected chi connectivity index (χ4v) is 3.08. The van der Waals surface area contributed by atoms with E-state index in [9.17, 15) is 9.59 Å². The third-order valence-electron chi connectivity index (χ3n) is 4.51. The summed E-state index contributed by atoms with van der Waals surface area (Å²) in [7, 11) is 5.14. The lowest BCUT2D eigenvalue weighted by Crippen LogP contribution is -2.35. The largest absolute Gasteiger partial charge is 0.497 e. The van der Waals surface area contributed by atoms with Crippen molar-refractivity contribution in [3.05, 3.63) is 75.6 Å². The average Bonchev–Trinajstić information content (AvgIpc) is 2.67. The Morgan fingerprint density at radius 1 is 0.889 bits per heavy atom. The van der Waals surface area contributed by atoms with E-state index in [0.29, 0.717) is 33.2 Å². The van der Waals surface area contributed by atoms with E-state index in [1.807, 2.05) is 0 Å². The smallest absolute Gasteiger partial charge is 0.278 e. The summed E-state index contributed by atoms with van der Waals surface area (Å²) < 4.78 is 8.16. The fraction of sp³-hybridized carbons (Fsp3) is 0.150. The van der Waals surface area contributed by atoms with Gasteiger partial charge in [0, 0.05) is 32.2 Å². The van der Waals surface area contributed by atoms with Gasteiger partial charge >= 0.3 is 0 Å². The number of rotatable bonds is 3. The van der Waals surface area contributed by atoms with Gasteiger partial charge in [0.1, 0.15) is 5.75 Å². The molecule has 0 aliphatic heterocycles. The van der Waals surface area contributed by atoms with Gasteiger partial charge in [-0.1, -0.05) is 0 Å². The average molecular weight is 362 g/mol. The fourth-order valence-electron chi connectivity index (χ4n) is 3.08. The highest BCUT2D eigenvalue weighted by Gasteiger charge is 2.11. The van der Waals surface area contributed by atoms with Crippen molar-refractivity contribution in [1.29, 1.82) is 0 Å². The molecule has 0 spiro atoms. The number of hydrogen-bond acceptors (Lipinski definition) is 5. The number of ether oxygens (including phenoxy) is 1. The van der Waals surface area contributed by atoms with E-state index in [1.54, 1.807) is 81.1 Å². The van der Waals surface area contributed by atoms with Crippen LogP contribution in [0.1, 0.15) is 0 Å². The lowest BCUT2D eigenvalue weighted by molar-refractivity contribution is 0.414. The minimum absolute atomic E-state index is 0.217. The highest BCUT2D eigenvalue weighted by molar-refractivity contribution is 5.91. The molecular formula is C20H18N4O3. The van der Waals surface area contributed by atoms with E-state index in [-0.39, 0.29) is 11.1 Å². The molecule has 0 bridgehead atoms. The maximum atomic E-state index is 13.0. The number of aromatic nitrogens is 3. The monoisotopic (exact) mass is 362 g/mol. The summed E-state index contributed by atoms with van der Waals surface area (Å²) >= 11 is 0. The van der Waals surface area contributed by atoms with Crippen molar-refractivity contribution >= 4 is 21.8 Å². The summed E-state index contributed by atoms with van der Waals surface area (Å²) in [6, 6.07) is 12.4. The van der Waals surface area contributed by atoms with Crippen LogP contribution in [0, 0.1) is 0 Å². The molecule has 0 N–H and O–H groups in total. The summed E-state index contributed by atoms with van der Waals surface area (Å²) in [5.41, 5.74) is 1.38. The number of pyridine rings is 3.